The Hall–Kier alpha value is -3.08. The van der Waals surface area contributed by atoms with Crippen molar-refractivity contribution in [3.8, 4) is 0 Å². The van der Waals surface area contributed by atoms with Gasteiger partial charge in [-0.05, 0) is 56.3 Å². The van der Waals surface area contributed by atoms with E-state index in [1.54, 1.807) is 46.6 Å². The van der Waals surface area contributed by atoms with Crippen LogP contribution in [0.4, 0.5) is 5.69 Å². The normalized spacial score (nSPS) is 15.4. The molecule has 1 aromatic heterocycles. The standard InChI is InChI=1S/C24H29N5O4S/c1-28(16-22-26-21-9-5-4-8-20(21)24(31)27-22)17-23(30)25-18-10-12-19(13-11-18)34(32,33)29-14-6-2-3-7-15-29/h4-5,8-13H,2-3,6-7,14-17H2,1H3,(H,25,30)(H,26,27,31). The number of nitrogens with zero attached hydrogens (tertiary/aromatic N) is 3. The average Bonchev–Trinajstić information content (AvgIpc) is 3.09. The van der Waals surface area contributed by atoms with E-state index in [1.165, 1.54) is 12.1 Å². The van der Waals surface area contributed by atoms with Crippen LogP contribution in [0.5, 0.6) is 0 Å². The molecule has 2 heterocycles. The largest absolute Gasteiger partial charge is 0.325 e. The molecule has 10 heteroatoms. The predicted octanol–water partition coefficient (Wildman–Crippen LogP) is 2.56. The number of para-hydroxylation sites is 1. The fourth-order valence-corrected chi connectivity index (χ4v) is 5.63. The van der Waals surface area contributed by atoms with Gasteiger partial charge in [-0.25, -0.2) is 13.4 Å². The molecule has 1 aliphatic rings. The number of carbonyl (C=O) groups excluding carboxylic acids is 1. The summed E-state index contributed by atoms with van der Waals surface area (Å²) >= 11 is 0. The Balaban J connectivity index is 1.35. The molecule has 4 rings (SSSR count). The van der Waals surface area contributed by atoms with Crippen molar-refractivity contribution in [2.75, 3.05) is 32.0 Å². The Morgan fingerprint density at radius 2 is 1.74 bits per heavy atom. The summed E-state index contributed by atoms with van der Waals surface area (Å²) in [4.78, 5) is 33.9. The van der Waals surface area contributed by atoms with E-state index in [0.29, 0.717) is 42.0 Å². The van der Waals surface area contributed by atoms with E-state index in [1.807, 2.05) is 6.07 Å². The molecule has 1 saturated heterocycles. The van der Waals surface area contributed by atoms with Crippen LogP contribution in [0.1, 0.15) is 31.5 Å². The first-order valence-electron chi connectivity index (χ1n) is 11.4. The topological polar surface area (TPSA) is 115 Å². The van der Waals surface area contributed by atoms with E-state index in [2.05, 4.69) is 15.3 Å². The van der Waals surface area contributed by atoms with Crippen molar-refractivity contribution in [2.45, 2.75) is 37.1 Å². The lowest BCUT2D eigenvalue weighted by molar-refractivity contribution is -0.117. The van der Waals surface area contributed by atoms with E-state index >= 15 is 0 Å². The van der Waals surface area contributed by atoms with Gasteiger partial charge in [-0.2, -0.15) is 4.31 Å². The molecule has 0 bridgehead atoms. The Kier molecular flexibility index (Phi) is 7.40. The summed E-state index contributed by atoms with van der Waals surface area (Å²) in [6.07, 6.45) is 3.86. The third-order valence-corrected chi connectivity index (χ3v) is 7.75. The Morgan fingerprint density at radius 1 is 1.06 bits per heavy atom. The summed E-state index contributed by atoms with van der Waals surface area (Å²) in [6, 6.07) is 13.4. The van der Waals surface area contributed by atoms with Crippen LogP contribution < -0.4 is 10.9 Å². The SMILES string of the molecule is CN(CC(=O)Nc1ccc(S(=O)(=O)N2CCCCCC2)cc1)Cc1nc2ccccc2c(=O)[nH]1. The van der Waals surface area contributed by atoms with Crippen molar-refractivity contribution in [3.63, 3.8) is 0 Å². The van der Waals surface area contributed by atoms with Crippen LogP contribution in [0.25, 0.3) is 10.9 Å². The van der Waals surface area contributed by atoms with Crippen molar-refractivity contribution in [3.05, 3.63) is 64.7 Å². The number of aromatic amines is 1. The maximum atomic E-state index is 12.9. The molecule has 0 radical (unpaired) electrons. The second-order valence-electron chi connectivity index (χ2n) is 8.59. The van der Waals surface area contributed by atoms with Crippen molar-refractivity contribution >= 4 is 32.5 Å². The highest BCUT2D eigenvalue weighted by molar-refractivity contribution is 7.89. The van der Waals surface area contributed by atoms with Gasteiger partial charge in [0.05, 0.1) is 28.9 Å². The number of amides is 1. The van der Waals surface area contributed by atoms with Crippen LogP contribution in [0, 0.1) is 0 Å². The smallest absolute Gasteiger partial charge is 0.258 e. The maximum absolute atomic E-state index is 12.9. The molecular formula is C24H29N5O4S. The van der Waals surface area contributed by atoms with Gasteiger partial charge < -0.3 is 10.3 Å². The molecule has 1 aliphatic heterocycles. The summed E-state index contributed by atoms with van der Waals surface area (Å²) in [5.41, 5.74) is 0.911. The molecule has 1 fully saturated rings. The molecule has 3 aromatic rings. The number of hydrogen-bond donors (Lipinski definition) is 2. The van der Waals surface area contributed by atoms with Crippen LogP contribution >= 0.6 is 0 Å². The van der Waals surface area contributed by atoms with Crippen LogP contribution in [0.3, 0.4) is 0 Å². The zero-order valence-corrected chi connectivity index (χ0v) is 20.0. The zero-order valence-electron chi connectivity index (χ0n) is 19.2. The second-order valence-corrected chi connectivity index (χ2v) is 10.5. The number of benzene rings is 2. The molecule has 0 saturated carbocycles. The van der Waals surface area contributed by atoms with E-state index < -0.39 is 10.0 Å². The van der Waals surface area contributed by atoms with Crippen molar-refractivity contribution in [1.29, 1.82) is 0 Å². The summed E-state index contributed by atoms with van der Waals surface area (Å²) in [5, 5.41) is 3.31. The van der Waals surface area contributed by atoms with Crippen molar-refractivity contribution < 1.29 is 13.2 Å². The molecule has 0 aliphatic carbocycles. The van der Waals surface area contributed by atoms with Gasteiger partial charge in [0, 0.05) is 18.8 Å². The Morgan fingerprint density at radius 3 is 2.44 bits per heavy atom. The minimum atomic E-state index is -3.53. The Bertz CT molecular complexity index is 1310. The molecule has 1 amide bonds. The number of rotatable bonds is 7. The van der Waals surface area contributed by atoms with Gasteiger partial charge in [-0.3, -0.25) is 14.5 Å². The monoisotopic (exact) mass is 483 g/mol. The van der Waals surface area contributed by atoms with Gasteiger partial charge in [0.15, 0.2) is 0 Å². The van der Waals surface area contributed by atoms with Crippen LogP contribution in [0.15, 0.2) is 58.2 Å². The first-order chi connectivity index (χ1) is 16.3. The number of aromatic nitrogens is 2. The Labute approximate surface area is 198 Å². The second kappa shape index (κ2) is 10.5. The lowest BCUT2D eigenvalue weighted by Crippen LogP contribution is -2.32. The van der Waals surface area contributed by atoms with Gasteiger partial charge in [0.25, 0.3) is 5.56 Å². The molecule has 0 spiro atoms. The van der Waals surface area contributed by atoms with Gasteiger partial charge in [0.1, 0.15) is 5.82 Å². The average molecular weight is 484 g/mol. The minimum Gasteiger partial charge on any atom is -0.325 e. The van der Waals surface area contributed by atoms with Crippen molar-refractivity contribution in [1.82, 2.24) is 19.2 Å². The molecule has 34 heavy (non-hydrogen) atoms. The highest BCUT2D eigenvalue weighted by Gasteiger charge is 2.25. The minimum absolute atomic E-state index is 0.0738. The van der Waals surface area contributed by atoms with Crippen LogP contribution in [-0.4, -0.2) is 60.2 Å². The van der Waals surface area contributed by atoms with Gasteiger partial charge >= 0.3 is 0 Å². The summed E-state index contributed by atoms with van der Waals surface area (Å²) < 4.78 is 27.3. The molecule has 2 aromatic carbocycles. The van der Waals surface area contributed by atoms with E-state index in [-0.39, 0.29) is 22.9 Å². The quantitative estimate of drug-likeness (QED) is 0.534. The zero-order chi connectivity index (χ0) is 24.1. The van der Waals surface area contributed by atoms with Gasteiger partial charge in [-0.1, -0.05) is 25.0 Å². The van der Waals surface area contributed by atoms with Crippen molar-refractivity contribution in [2.24, 2.45) is 0 Å². The lowest BCUT2D eigenvalue weighted by atomic mass is 10.2. The lowest BCUT2D eigenvalue weighted by Gasteiger charge is -2.20. The highest BCUT2D eigenvalue weighted by atomic mass is 32.2. The molecule has 9 nitrogen and oxygen atoms in total. The first kappa shape index (κ1) is 24.1. The number of H-pyrrole nitrogens is 1. The number of hydrogen-bond acceptors (Lipinski definition) is 6. The van der Waals surface area contributed by atoms with Gasteiger partial charge in [0.2, 0.25) is 15.9 Å². The molecule has 180 valence electrons. The van der Waals surface area contributed by atoms with Gasteiger partial charge in [-0.15, -0.1) is 0 Å². The number of carbonyl (C=O) groups is 1. The molecule has 0 atom stereocenters. The number of anilines is 1. The maximum Gasteiger partial charge on any atom is 0.258 e. The van der Waals surface area contributed by atoms with Crippen LogP contribution in [0.2, 0.25) is 0 Å². The summed E-state index contributed by atoms with van der Waals surface area (Å²) in [5.74, 6) is 0.218. The first-order valence-corrected chi connectivity index (χ1v) is 12.8. The third-order valence-electron chi connectivity index (χ3n) is 5.84. The fourth-order valence-electron chi connectivity index (χ4n) is 4.11. The van der Waals surface area contributed by atoms with Crippen LogP contribution in [-0.2, 0) is 21.4 Å². The summed E-state index contributed by atoms with van der Waals surface area (Å²) in [7, 11) is -1.77. The molecule has 2 N–H and O–H groups in total. The summed E-state index contributed by atoms with van der Waals surface area (Å²) in [6.45, 7) is 1.46. The molecular weight excluding hydrogens is 454 g/mol. The highest BCUT2D eigenvalue weighted by Crippen LogP contribution is 2.21. The third kappa shape index (κ3) is 5.69. The number of nitrogens with one attached hydrogen (secondary N) is 2. The number of likely N-dealkylation sites (N-methyl/N-ethyl adjacent to an activating group) is 1. The fraction of sp³-hybridized carbons (Fsp3) is 0.375. The van der Waals surface area contributed by atoms with E-state index in [9.17, 15) is 18.0 Å². The van der Waals surface area contributed by atoms with E-state index in [0.717, 1.165) is 25.7 Å². The molecule has 0 unspecified atom stereocenters. The number of fused-ring (bicyclic) bond motifs is 1. The van der Waals surface area contributed by atoms with E-state index in [4.69, 9.17) is 0 Å². The number of sulfonamides is 1. The predicted molar refractivity (Wildman–Crippen MR) is 131 cm³/mol.